The highest BCUT2D eigenvalue weighted by atomic mass is 32.2. The van der Waals surface area contributed by atoms with Crippen LogP contribution in [0.5, 0.6) is 0 Å². The molecule has 33 heavy (non-hydrogen) atoms. The van der Waals surface area contributed by atoms with Crippen LogP contribution in [0.25, 0.3) is 11.4 Å². The number of aromatic amines is 1. The monoisotopic (exact) mass is 491 g/mol. The number of likely N-dealkylation sites (N-methyl/N-ethyl adjacent to an activating group) is 1. The second-order valence-electron chi connectivity index (χ2n) is 7.29. The number of carbonyl (C=O) groups is 1. The molecule has 0 unspecified atom stereocenters. The highest BCUT2D eigenvalue weighted by Gasteiger charge is 2.38. The molecule has 2 heterocycles. The average molecular weight is 491 g/mol. The van der Waals surface area contributed by atoms with Gasteiger partial charge in [-0.05, 0) is 20.0 Å². The van der Waals surface area contributed by atoms with Crippen LogP contribution in [0.15, 0.2) is 35.1 Å². The van der Waals surface area contributed by atoms with Gasteiger partial charge in [-0.1, -0.05) is 23.8 Å². The first-order valence-electron chi connectivity index (χ1n) is 9.68. The molecular weight excluding hydrogens is 467 g/mol. The lowest BCUT2D eigenvalue weighted by Gasteiger charge is -2.31. The fraction of sp³-hybridized carbons (Fsp3) is 0.421. The standard InChI is InChI=1S/C17H23N5O3S.C2HF3O2/c1-13-4-3-5-14(10-13)17-19-15(11-16(23)20-17)12-18-26(24,25)22-8-6-21(2)7-9-22;3-2(4,5)1(6)7/h3-5,10-11,18H,6-9,12H2,1-2H3,(H,19,20,23);(H,6,7). The zero-order chi connectivity index (χ0) is 24.8. The van der Waals surface area contributed by atoms with E-state index in [2.05, 4.69) is 19.6 Å². The third-order valence-corrected chi connectivity index (χ3v) is 6.12. The lowest BCUT2D eigenvalue weighted by Crippen LogP contribution is -2.50. The fourth-order valence-corrected chi connectivity index (χ4v) is 3.97. The van der Waals surface area contributed by atoms with Gasteiger partial charge in [0.1, 0.15) is 5.82 Å². The second-order valence-corrected chi connectivity index (χ2v) is 9.04. The minimum Gasteiger partial charge on any atom is -0.475 e. The summed E-state index contributed by atoms with van der Waals surface area (Å²) in [6.45, 7) is 4.21. The molecule has 1 fully saturated rings. The van der Waals surface area contributed by atoms with E-state index in [-0.39, 0.29) is 12.1 Å². The van der Waals surface area contributed by atoms with Crippen molar-refractivity contribution in [2.24, 2.45) is 0 Å². The van der Waals surface area contributed by atoms with Gasteiger partial charge >= 0.3 is 12.1 Å². The molecule has 1 aromatic heterocycles. The Kier molecular flexibility index (Phi) is 8.71. The van der Waals surface area contributed by atoms with Gasteiger partial charge in [0.2, 0.25) is 0 Å². The van der Waals surface area contributed by atoms with Gasteiger partial charge in [-0.15, -0.1) is 0 Å². The number of benzene rings is 1. The summed E-state index contributed by atoms with van der Waals surface area (Å²) in [5.74, 6) is -2.33. The molecule has 10 nitrogen and oxygen atoms in total. The molecule has 0 atom stereocenters. The second kappa shape index (κ2) is 10.9. The van der Waals surface area contributed by atoms with Gasteiger partial charge in [0, 0.05) is 37.8 Å². The van der Waals surface area contributed by atoms with Crippen LogP contribution in [0.2, 0.25) is 0 Å². The maximum atomic E-state index is 12.4. The fourth-order valence-electron chi connectivity index (χ4n) is 2.81. The van der Waals surface area contributed by atoms with E-state index in [1.165, 1.54) is 10.4 Å². The SMILES string of the molecule is Cc1cccc(-c2nc(CNS(=O)(=O)N3CCN(C)CC3)cc(=O)[nH]2)c1.O=C(O)C(F)(F)F. The molecule has 1 aliphatic rings. The zero-order valence-corrected chi connectivity index (χ0v) is 18.7. The highest BCUT2D eigenvalue weighted by Crippen LogP contribution is 2.15. The first-order chi connectivity index (χ1) is 15.3. The number of hydrogen-bond donors (Lipinski definition) is 3. The Hall–Kier alpha value is -2.81. The molecule has 0 amide bonds. The number of alkyl halides is 3. The van der Waals surface area contributed by atoms with Crippen molar-refractivity contribution in [3.8, 4) is 11.4 Å². The average Bonchev–Trinajstić information content (AvgIpc) is 2.72. The summed E-state index contributed by atoms with van der Waals surface area (Å²) in [6, 6.07) is 8.91. The molecule has 182 valence electrons. The van der Waals surface area contributed by atoms with Crippen molar-refractivity contribution in [3.63, 3.8) is 0 Å². The highest BCUT2D eigenvalue weighted by molar-refractivity contribution is 7.87. The molecular formula is C19H24F3N5O5S. The molecule has 3 rings (SSSR count). The summed E-state index contributed by atoms with van der Waals surface area (Å²) in [7, 11) is -1.63. The number of halogens is 3. The molecule has 0 spiro atoms. The molecule has 2 aromatic rings. The molecule has 0 saturated carbocycles. The molecule has 3 N–H and O–H groups in total. The Morgan fingerprint density at radius 2 is 1.82 bits per heavy atom. The first-order valence-corrected chi connectivity index (χ1v) is 11.1. The molecule has 14 heteroatoms. The van der Waals surface area contributed by atoms with E-state index in [9.17, 15) is 26.4 Å². The van der Waals surface area contributed by atoms with E-state index in [0.717, 1.165) is 11.1 Å². The minimum absolute atomic E-state index is 0.0303. The maximum Gasteiger partial charge on any atom is 0.490 e. The summed E-state index contributed by atoms with van der Waals surface area (Å²) in [6.07, 6.45) is -5.08. The van der Waals surface area contributed by atoms with E-state index in [4.69, 9.17) is 9.90 Å². The number of aryl methyl sites for hydroxylation is 1. The van der Waals surface area contributed by atoms with Gasteiger partial charge in [-0.3, -0.25) is 4.79 Å². The van der Waals surface area contributed by atoms with Crippen LogP contribution in [0.1, 0.15) is 11.3 Å². The predicted molar refractivity (Wildman–Crippen MR) is 114 cm³/mol. The predicted octanol–water partition coefficient (Wildman–Crippen LogP) is 0.960. The van der Waals surface area contributed by atoms with Crippen molar-refractivity contribution in [1.29, 1.82) is 0 Å². The third kappa shape index (κ3) is 8.24. The van der Waals surface area contributed by atoms with Gasteiger partial charge in [-0.2, -0.15) is 30.6 Å². The molecule has 1 aliphatic heterocycles. The van der Waals surface area contributed by atoms with E-state index >= 15 is 0 Å². The number of nitrogens with zero attached hydrogens (tertiary/aromatic N) is 3. The topological polar surface area (TPSA) is 136 Å². The summed E-state index contributed by atoms with van der Waals surface area (Å²) >= 11 is 0. The van der Waals surface area contributed by atoms with E-state index in [1.807, 2.05) is 38.2 Å². The Morgan fingerprint density at radius 1 is 1.21 bits per heavy atom. The molecule has 1 aromatic carbocycles. The number of aliphatic carboxylic acids is 1. The summed E-state index contributed by atoms with van der Waals surface area (Å²) in [5, 5.41) is 7.12. The number of aromatic nitrogens is 2. The third-order valence-electron chi connectivity index (χ3n) is 4.57. The van der Waals surface area contributed by atoms with E-state index < -0.39 is 22.4 Å². The maximum absolute atomic E-state index is 12.4. The van der Waals surface area contributed by atoms with Gasteiger partial charge in [0.25, 0.3) is 15.8 Å². The molecule has 0 aliphatic carbocycles. The van der Waals surface area contributed by atoms with Crippen molar-refractivity contribution >= 4 is 16.2 Å². The van der Waals surface area contributed by atoms with Crippen LogP contribution in [0.4, 0.5) is 13.2 Å². The van der Waals surface area contributed by atoms with Gasteiger partial charge in [-0.25, -0.2) is 9.78 Å². The summed E-state index contributed by atoms with van der Waals surface area (Å²) in [4.78, 5) is 30.0. The Morgan fingerprint density at radius 3 is 2.36 bits per heavy atom. The van der Waals surface area contributed by atoms with Crippen LogP contribution in [0, 0.1) is 6.92 Å². The number of rotatable bonds is 5. The Bertz CT molecular complexity index is 1130. The van der Waals surface area contributed by atoms with Crippen LogP contribution in [-0.2, 0) is 21.5 Å². The van der Waals surface area contributed by atoms with Crippen molar-refractivity contribution in [2.45, 2.75) is 19.6 Å². The molecule has 1 saturated heterocycles. The van der Waals surface area contributed by atoms with Crippen molar-refractivity contribution < 1.29 is 31.5 Å². The number of carboxylic acids is 1. The molecule has 0 radical (unpaired) electrons. The number of piperazine rings is 1. The smallest absolute Gasteiger partial charge is 0.475 e. The largest absolute Gasteiger partial charge is 0.490 e. The summed E-state index contributed by atoms with van der Waals surface area (Å²) in [5.41, 5.74) is 1.89. The number of hydrogen-bond acceptors (Lipinski definition) is 6. The quantitative estimate of drug-likeness (QED) is 0.567. The lowest BCUT2D eigenvalue weighted by molar-refractivity contribution is -0.192. The number of nitrogens with one attached hydrogen (secondary N) is 2. The van der Waals surface area contributed by atoms with Gasteiger partial charge in [0.15, 0.2) is 0 Å². The van der Waals surface area contributed by atoms with E-state index in [0.29, 0.717) is 37.7 Å². The normalized spacial score (nSPS) is 15.5. The molecule has 0 bridgehead atoms. The van der Waals surface area contributed by atoms with Crippen molar-refractivity contribution in [2.75, 3.05) is 33.2 Å². The Labute approximate surface area is 188 Å². The summed E-state index contributed by atoms with van der Waals surface area (Å²) < 4.78 is 60.6. The van der Waals surface area contributed by atoms with Crippen molar-refractivity contribution in [3.05, 3.63) is 51.9 Å². The number of carboxylic acid groups (broad SMARTS) is 1. The van der Waals surface area contributed by atoms with Crippen molar-refractivity contribution in [1.82, 2.24) is 23.9 Å². The van der Waals surface area contributed by atoms with Crippen LogP contribution in [0.3, 0.4) is 0 Å². The van der Waals surface area contributed by atoms with Crippen LogP contribution < -0.4 is 10.3 Å². The lowest BCUT2D eigenvalue weighted by atomic mass is 10.1. The van der Waals surface area contributed by atoms with Crippen LogP contribution in [-0.4, -0.2) is 78.1 Å². The van der Waals surface area contributed by atoms with E-state index in [1.54, 1.807) is 0 Å². The van der Waals surface area contributed by atoms with Gasteiger partial charge < -0.3 is 15.0 Å². The minimum atomic E-state index is -5.08. The zero-order valence-electron chi connectivity index (χ0n) is 17.9. The first kappa shape index (κ1) is 26.4. The Balaban J connectivity index is 0.000000479. The van der Waals surface area contributed by atoms with Crippen LogP contribution >= 0.6 is 0 Å². The van der Waals surface area contributed by atoms with Gasteiger partial charge in [0.05, 0.1) is 12.2 Å². The number of H-pyrrole nitrogens is 1.